The van der Waals surface area contributed by atoms with Gasteiger partial charge in [-0.25, -0.2) is 0 Å². The summed E-state index contributed by atoms with van der Waals surface area (Å²) in [6, 6.07) is 6.15. The average molecular weight is 237 g/mol. The topological polar surface area (TPSA) is 101 Å². The Morgan fingerprint density at radius 1 is 1.35 bits per heavy atom. The van der Waals surface area contributed by atoms with Crippen molar-refractivity contribution in [2.45, 2.75) is 25.6 Å². The molecule has 0 aliphatic rings. The van der Waals surface area contributed by atoms with Crippen LogP contribution in [0.1, 0.15) is 35.4 Å². The molecule has 1 aromatic carbocycles. The lowest BCUT2D eigenvalue weighted by Crippen LogP contribution is -2.33. The predicted octanol–water partition coefficient (Wildman–Crippen LogP) is 0.159. The van der Waals surface area contributed by atoms with Gasteiger partial charge in [-0.1, -0.05) is 25.1 Å². The molecule has 0 saturated heterocycles. The molecule has 0 aromatic heterocycles. The van der Waals surface area contributed by atoms with Crippen LogP contribution >= 0.6 is 0 Å². The van der Waals surface area contributed by atoms with Crippen LogP contribution in [0.25, 0.3) is 0 Å². The minimum Gasteiger partial charge on any atom is -0.385 e. The Morgan fingerprint density at radius 2 is 2.00 bits per heavy atom. The molecule has 1 aromatic rings. The van der Waals surface area contributed by atoms with Gasteiger partial charge in [0.15, 0.2) is 11.9 Å². The maximum atomic E-state index is 11.5. The third-order valence-corrected chi connectivity index (χ3v) is 2.46. The fraction of sp³-hybridized carbons (Fsp3) is 0.333. The Labute approximate surface area is 98.9 Å². The lowest BCUT2D eigenvalue weighted by molar-refractivity contribution is -0.131. The van der Waals surface area contributed by atoms with Gasteiger partial charge in [0.2, 0.25) is 5.91 Å². The molecule has 2 atom stereocenters. The molecule has 17 heavy (non-hydrogen) atoms. The highest BCUT2D eigenvalue weighted by molar-refractivity contribution is 5.96. The van der Waals surface area contributed by atoms with Crippen molar-refractivity contribution < 1.29 is 19.8 Å². The average Bonchev–Trinajstić information content (AvgIpc) is 2.36. The van der Waals surface area contributed by atoms with Crippen LogP contribution in [-0.2, 0) is 4.79 Å². The number of carbonyl (C=O) groups excluding carboxylic acids is 2. The molecular formula is C12H15NO4. The van der Waals surface area contributed by atoms with Crippen molar-refractivity contribution in [1.82, 2.24) is 0 Å². The van der Waals surface area contributed by atoms with E-state index in [4.69, 9.17) is 5.73 Å². The fourth-order valence-corrected chi connectivity index (χ4v) is 1.44. The second kappa shape index (κ2) is 5.56. The molecule has 0 radical (unpaired) electrons. The molecule has 1 amide bonds. The highest BCUT2D eigenvalue weighted by atomic mass is 16.3. The lowest BCUT2D eigenvalue weighted by atomic mass is 9.99. The third-order valence-electron chi connectivity index (χ3n) is 2.46. The molecular weight excluding hydrogens is 222 g/mol. The molecule has 0 aliphatic heterocycles. The molecule has 0 bridgehead atoms. The molecule has 2 unspecified atom stereocenters. The Hall–Kier alpha value is -1.72. The Morgan fingerprint density at radius 3 is 2.53 bits per heavy atom. The summed E-state index contributed by atoms with van der Waals surface area (Å²) in [5.74, 6) is -1.09. The first-order chi connectivity index (χ1) is 7.97. The summed E-state index contributed by atoms with van der Waals surface area (Å²) >= 11 is 0. The summed E-state index contributed by atoms with van der Waals surface area (Å²) in [6.45, 7) is 1.73. The van der Waals surface area contributed by atoms with Crippen LogP contribution in [0.3, 0.4) is 0 Å². The maximum Gasteiger partial charge on any atom is 0.249 e. The second-order valence-electron chi connectivity index (χ2n) is 3.69. The van der Waals surface area contributed by atoms with Crippen molar-refractivity contribution in [2.75, 3.05) is 0 Å². The van der Waals surface area contributed by atoms with E-state index in [2.05, 4.69) is 0 Å². The standard InChI is InChI=1S/C12H15NO4/c1-2-9(14)7-4-3-5-8(6-7)10(15)11(16)12(13)17/h3-6,10-11,15-16H,2H2,1H3,(H2,13,17). The van der Waals surface area contributed by atoms with Gasteiger partial charge in [0.25, 0.3) is 0 Å². The van der Waals surface area contributed by atoms with Crippen LogP contribution in [0, 0.1) is 0 Å². The zero-order valence-electron chi connectivity index (χ0n) is 9.46. The van der Waals surface area contributed by atoms with Gasteiger partial charge in [0.1, 0.15) is 6.10 Å². The number of rotatable bonds is 5. The van der Waals surface area contributed by atoms with E-state index < -0.39 is 18.1 Å². The van der Waals surface area contributed by atoms with E-state index in [1.807, 2.05) is 0 Å². The number of aliphatic hydroxyl groups is 2. The highest BCUT2D eigenvalue weighted by Gasteiger charge is 2.23. The van der Waals surface area contributed by atoms with Gasteiger partial charge in [-0.05, 0) is 11.6 Å². The van der Waals surface area contributed by atoms with Gasteiger partial charge in [-0.3, -0.25) is 9.59 Å². The summed E-state index contributed by atoms with van der Waals surface area (Å²) in [4.78, 5) is 22.2. The number of hydrogen-bond acceptors (Lipinski definition) is 4. The van der Waals surface area contributed by atoms with Gasteiger partial charge < -0.3 is 15.9 Å². The first-order valence-corrected chi connectivity index (χ1v) is 5.26. The second-order valence-corrected chi connectivity index (χ2v) is 3.69. The molecule has 92 valence electrons. The van der Waals surface area contributed by atoms with Gasteiger partial charge >= 0.3 is 0 Å². The smallest absolute Gasteiger partial charge is 0.249 e. The van der Waals surface area contributed by atoms with Gasteiger partial charge in [0.05, 0.1) is 0 Å². The highest BCUT2D eigenvalue weighted by Crippen LogP contribution is 2.18. The van der Waals surface area contributed by atoms with E-state index in [1.165, 1.54) is 12.1 Å². The fourth-order valence-electron chi connectivity index (χ4n) is 1.44. The normalized spacial score (nSPS) is 14.1. The minimum atomic E-state index is -1.68. The monoisotopic (exact) mass is 237 g/mol. The van der Waals surface area contributed by atoms with E-state index >= 15 is 0 Å². The summed E-state index contributed by atoms with van der Waals surface area (Å²) in [7, 11) is 0. The molecule has 0 saturated carbocycles. The summed E-state index contributed by atoms with van der Waals surface area (Å²) in [6.07, 6.45) is -2.75. The van der Waals surface area contributed by atoms with Crippen molar-refractivity contribution in [1.29, 1.82) is 0 Å². The van der Waals surface area contributed by atoms with Gasteiger partial charge in [-0.2, -0.15) is 0 Å². The molecule has 4 N–H and O–H groups in total. The number of carbonyl (C=O) groups is 2. The van der Waals surface area contributed by atoms with Crippen LogP contribution < -0.4 is 5.73 Å². The zero-order chi connectivity index (χ0) is 13.0. The Balaban J connectivity index is 2.99. The number of ketones is 1. The van der Waals surface area contributed by atoms with Gasteiger partial charge in [0, 0.05) is 12.0 Å². The molecule has 0 fully saturated rings. The van der Waals surface area contributed by atoms with E-state index in [-0.39, 0.29) is 11.3 Å². The van der Waals surface area contributed by atoms with Crippen LogP contribution in [0.4, 0.5) is 0 Å². The number of Topliss-reactive ketones (excluding diaryl/α,β-unsaturated/α-hetero) is 1. The van der Waals surface area contributed by atoms with Crippen LogP contribution in [-0.4, -0.2) is 28.0 Å². The number of primary amides is 1. The number of hydrogen-bond donors (Lipinski definition) is 3. The summed E-state index contributed by atoms with van der Waals surface area (Å²) in [5, 5.41) is 19.0. The van der Waals surface area contributed by atoms with Crippen molar-refractivity contribution in [3.63, 3.8) is 0 Å². The molecule has 0 heterocycles. The van der Waals surface area contributed by atoms with E-state index in [0.717, 1.165) is 0 Å². The SMILES string of the molecule is CCC(=O)c1cccc(C(O)C(O)C(N)=O)c1. The van der Waals surface area contributed by atoms with Crippen molar-refractivity contribution in [3.05, 3.63) is 35.4 Å². The molecule has 0 aliphatic carbocycles. The first-order valence-electron chi connectivity index (χ1n) is 5.26. The number of nitrogens with two attached hydrogens (primary N) is 1. The Bertz CT molecular complexity index is 430. The maximum absolute atomic E-state index is 11.5. The molecule has 5 heteroatoms. The van der Waals surface area contributed by atoms with Crippen LogP contribution in [0.15, 0.2) is 24.3 Å². The van der Waals surface area contributed by atoms with Crippen molar-refractivity contribution in [2.24, 2.45) is 5.73 Å². The number of aliphatic hydroxyl groups excluding tert-OH is 2. The Kier molecular flexibility index (Phi) is 4.37. The number of benzene rings is 1. The number of amides is 1. The molecule has 0 spiro atoms. The third kappa shape index (κ3) is 3.12. The van der Waals surface area contributed by atoms with Gasteiger partial charge in [-0.15, -0.1) is 0 Å². The molecule has 1 rings (SSSR count). The summed E-state index contributed by atoms with van der Waals surface area (Å²) in [5.41, 5.74) is 5.60. The van der Waals surface area contributed by atoms with Crippen molar-refractivity contribution in [3.8, 4) is 0 Å². The van der Waals surface area contributed by atoms with Crippen molar-refractivity contribution >= 4 is 11.7 Å². The largest absolute Gasteiger partial charge is 0.385 e. The van der Waals surface area contributed by atoms with E-state index in [0.29, 0.717) is 12.0 Å². The van der Waals surface area contributed by atoms with Crippen LogP contribution in [0.5, 0.6) is 0 Å². The summed E-state index contributed by atoms with van der Waals surface area (Å²) < 4.78 is 0. The first kappa shape index (κ1) is 13.3. The quantitative estimate of drug-likeness (QED) is 0.635. The minimum absolute atomic E-state index is 0.0763. The van der Waals surface area contributed by atoms with Crippen LogP contribution in [0.2, 0.25) is 0 Å². The predicted molar refractivity (Wildman–Crippen MR) is 61.2 cm³/mol. The zero-order valence-corrected chi connectivity index (χ0v) is 9.46. The van der Waals surface area contributed by atoms with E-state index in [1.54, 1.807) is 19.1 Å². The van der Waals surface area contributed by atoms with E-state index in [9.17, 15) is 19.8 Å². The lowest BCUT2D eigenvalue weighted by Gasteiger charge is -2.15. The molecule has 5 nitrogen and oxygen atoms in total.